The summed E-state index contributed by atoms with van der Waals surface area (Å²) in [6.07, 6.45) is 14.9. The smallest absolute Gasteiger partial charge is 0.201 e. The van der Waals surface area contributed by atoms with Crippen molar-refractivity contribution in [2.75, 3.05) is 13.2 Å². The van der Waals surface area contributed by atoms with E-state index in [0.717, 1.165) is 56.1 Å². The number of hydrogen-bond acceptors (Lipinski definition) is 2. The first-order valence-electron chi connectivity index (χ1n) is 16.1. The van der Waals surface area contributed by atoms with Crippen molar-refractivity contribution in [3.63, 3.8) is 0 Å². The van der Waals surface area contributed by atoms with Crippen LogP contribution in [0, 0.1) is 17.5 Å². The third kappa shape index (κ3) is 8.86. The van der Waals surface area contributed by atoms with Gasteiger partial charge in [0, 0.05) is 11.5 Å². The summed E-state index contributed by atoms with van der Waals surface area (Å²) in [4.78, 5) is 0. The third-order valence-electron chi connectivity index (χ3n) is 8.52. The summed E-state index contributed by atoms with van der Waals surface area (Å²) in [5.74, 6) is -2.09. The molecule has 42 heavy (non-hydrogen) atoms. The Balaban J connectivity index is 1.33. The SMILES string of the molecule is CCCCCCCOc1ccc(-c2ccc(-c3ccc(C4CCC(CCCCCCC)OC4)c(F)c3)cc2)c(F)c1F. The minimum absolute atomic E-state index is 0.0553. The fourth-order valence-electron chi connectivity index (χ4n) is 5.89. The van der Waals surface area contributed by atoms with Crippen molar-refractivity contribution >= 4 is 0 Å². The molecule has 228 valence electrons. The van der Waals surface area contributed by atoms with Crippen molar-refractivity contribution in [3.8, 4) is 28.0 Å². The zero-order valence-corrected chi connectivity index (χ0v) is 25.4. The van der Waals surface area contributed by atoms with Crippen molar-refractivity contribution in [1.29, 1.82) is 0 Å². The lowest BCUT2D eigenvalue weighted by atomic mass is 9.88. The molecule has 0 amide bonds. The van der Waals surface area contributed by atoms with E-state index in [2.05, 4.69) is 13.8 Å². The summed E-state index contributed by atoms with van der Waals surface area (Å²) >= 11 is 0. The predicted molar refractivity (Wildman–Crippen MR) is 167 cm³/mol. The summed E-state index contributed by atoms with van der Waals surface area (Å²) in [7, 11) is 0. The monoisotopic (exact) mass is 580 g/mol. The lowest BCUT2D eigenvalue weighted by Gasteiger charge is -2.29. The van der Waals surface area contributed by atoms with Gasteiger partial charge in [0.25, 0.3) is 0 Å². The van der Waals surface area contributed by atoms with E-state index in [-0.39, 0.29) is 23.0 Å². The molecule has 0 N–H and O–H groups in total. The van der Waals surface area contributed by atoms with E-state index in [0.29, 0.717) is 30.4 Å². The topological polar surface area (TPSA) is 18.5 Å². The number of ether oxygens (including phenoxy) is 2. The molecule has 2 nitrogen and oxygen atoms in total. The van der Waals surface area contributed by atoms with Gasteiger partial charge in [-0.2, -0.15) is 4.39 Å². The van der Waals surface area contributed by atoms with Crippen LogP contribution < -0.4 is 4.74 Å². The molecule has 0 aliphatic carbocycles. The van der Waals surface area contributed by atoms with Gasteiger partial charge in [0.05, 0.1) is 19.3 Å². The van der Waals surface area contributed by atoms with Crippen LogP contribution in [0.2, 0.25) is 0 Å². The van der Waals surface area contributed by atoms with Gasteiger partial charge >= 0.3 is 0 Å². The van der Waals surface area contributed by atoms with Crippen molar-refractivity contribution in [2.24, 2.45) is 0 Å². The van der Waals surface area contributed by atoms with Gasteiger partial charge < -0.3 is 9.47 Å². The molecule has 0 spiro atoms. The molecular formula is C37H47F3O2. The van der Waals surface area contributed by atoms with E-state index >= 15 is 4.39 Å². The Labute approximate surface area is 250 Å². The van der Waals surface area contributed by atoms with Crippen LogP contribution in [0.25, 0.3) is 22.3 Å². The Morgan fingerprint density at radius 2 is 1.36 bits per heavy atom. The number of benzene rings is 3. The summed E-state index contributed by atoms with van der Waals surface area (Å²) in [6.45, 7) is 5.32. The Bertz CT molecular complexity index is 1230. The van der Waals surface area contributed by atoms with Crippen LogP contribution in [0.5, 0.6) is 5.75 Å². The molecule has 2 atom stereocenters. The molecule has 1 aliphatic rings. The Hall–Kier alpha value is -2.79. The summed E-state index contributed by atoms with van der Waals surface area (Å²) in [5.41, 5.74) is 3.00. The van der Waals surface area contributed by atoms with Crippen molar-refractivity contribution in [1.82, 2.24) is 0 Å². The highest BCUT2D eigenvalue weighted by molar-refractivity contribution is 5.71. The third-order valence-corrected chi connectivity index (χ3v) is 8.52. The van der Waals surface area contributed by atoms with Gasteiger partial charge in [-0.05, 0) is 66.1 Å². The van der Waals surface area contributed by atoms with Crippen molar-refractivity contribution < 1.29 is 22.6 Å². The van der Waals surface area contributed by atoms with Crippen LogP contribution in [0.1, 0.15) is 109 Å². The fraction of sp³-hybridized carbons (Fsp3) is 0.514. The number of rotatable bonds is 16. The zero-order chi connectivity index (χ0) is 29.7. The van der Waals surface area contributed by atoms with Gasteiger partial charge in [-0.1, -0.05) is 108 Å². The van der Waals surface area contributed by atoms with Gasteiger partial charge in [0.1, 0.15) is 5.82 Å². The first-order valence-corrected chi connectivity index (χ1v) is 16.1. The average molecular weight is 581 g/mol. The lowest BCUT2D eigenvalue weighted by molar-refractivity contribution is -0.00273. The Morgan fingerprint density at radius 3 is 2.02 bits per heavy atom. The quantitative estimate of drug-likeness (QED) is 0.157. The Morgan fingerprint density at radius 1 is 0.690 bits per heavy atom. The van der Waals surface area contributed by atoms with Crippen LogP contribution in [-0.2, 0) is 4.74 Å². The normalized spacial score (nSPS) is 17.0. The van der Waals surface area contributed by atoms with Crippen LogP contribution in [0.3, 0.4) is 0 Å². The lowest BCUT2D eigenvalue weighted by Crippen LogP contribution is -2.25. The first kappa shape index (κ1) is 32.1. The molecule has 2 unspecified atom stereocenters. The zero-order valence-electron chi connectivity index (χ0n) is 25.4. The second kappa shape index (κ2) is 16.7. The summed E-state index contributed by atoms with van der Waals surface area (Å²) < 4.78 is 56.5. The molecule has 3 aromatic rings. The molecule has 0 saturated carbocycles. The molecular weight excluding hydrogens is 533 g/mol. The van der Waals surface area contributed by atoms with Gasteiger partial charge in [-0.3, -0.25) is 0 Å². The van der Waals surface area contributed by atoms with E-state index < -0.39 is 11.6 Å². The first-order chi connectivity index (χ1) is 20.5. The standard InChI is InChI=1S/C37H47F3O2/c1-3-5-7-9-11-13-31-20-18-30(26-42-31)32-21-19-29(25-34(32)38)27-14-16-28(17-15-27)33-22-23-35(37(40)36(33)39)41-24-12-10-8-6-4-2/h14-17,19,21-23,25,30-31H,3-13,18,20,24,26H2,1-2H3. The van der Waals surface area contributed by atoms with Gasteiger partial charge in [0.15, 0.2) is 11.6 Å². The van der Waals surface area contributed by atoms with Crippen LogP contribution in [-0.4, -0.2) is 19.3 Å². The van der Waals surface area contributed by atoms with E-state index in [9.17, 15) is 8.78 Å². The maximum Gasteiger partial charge on any atom is 0.201 e. The average Bonchev–Trinajstić information content (AvgIpc) is 3.01. The molecule has 0 radical (unpaired) electrons. The fourth-order valence-corrected chi connectivity index (χ4v) is 5.89. The number of unbranched alkanes of at least 4 members (excludes halogenated alkanes) is 8. The van der Waals surface area contributed by atoms with E-state index in [1.54, 1.807) is 24.3 Å². The highest BCUT2D eigenvalue weighted by atomic mass is 19.2. The number of halogens is 3. The largest absolute Gasteiger partial charge is 0.490 e. The highest BCUT2D eigenvalue weighted by Gasteiger charge is 2.25. The van der Waals surface area contributed by atoms with E-state index in [1.807, 2.05) is 24.3 Å². The molecule has 5 heteroatoms. The van der Waals surface area contributed by atoms with E-state index in [1.165, 1.54) is 44.6 Å². The summed E-state index contributed by atoms with van der Waals surface area (Å²) in [5, 5.41) is 0. The maximum atomic E-state index is 15.2. The second-order valence-corrected chi connectivity index (χ2v) is 11.7. The molecule has 1 fully saturated rings. The molecule has 1 heterocycles. The van der Waals surface area contributed by atoms with Gasteiger partial charge in [0.2, 0.25) is 5.82 Å². The number of hydrogen-bond donors (Lipinski definition) is 0. The van der Waals surface area contributed by atoms with Crippen LogP contribution >= 0.6 is 0 Å². The van der Waals surface area contributed by atoms with E-state index in [4.69, 9.17) is 9.47 Å². The minimum atomic E-state index is -0.965. The van der Waals surface area contributed by atoms with Gasteiger partial charge in [-0.25, -0.2) is 8.78 Å². The summed E-state index contributed by atoms with van der Waals surface area (Å²) in [6, 6.07) is 15.5. The minimum Gasteiger partial charge on any atom is -0.490 e. The maximum absolute atomic E-state index is 15.2. The van der Waals surface area contributed by atoms with Crippen LogP contribution in [0.15, 0.2) is 54.6 Å². The highest BCUT2D eigenvalue weighted by Crippen LogP contribution is 2.35. The predicted octanol–water partition coefficient (Wildman–Crippen LogP) is 11.4. The van der Waals surface area contributed by atoms with Crippen molar-refractivity contribution in [3.05, 3.63) is 77.6 Å². The molecule has 4 rings (SSSR count). The molecule has 0 aromatic heterocycles. The molecule has 0 bridgehead atoms. The Kier molecular flexibility index (Phi) is 12.8. The van der Waals surface area contributed by atoms with Crippen molar-refractivity contribution in [2.45, 2.75) is 109 Å². The molecule has 3 aromatic carbocycles. The molecule has 1 saturated heterocycles. The van der Waals surface area contributed by atoms with Crippen LogP contribution in [0.4, 0.5) is 13.2 Å². The van der Waals surface area contributed by atoms with Gasteiger partial charge in [-0.15, -0.1) is 0 Å². The molecule has 1 aliphatic heterocycles. The second-order valence-electron chi connectivity index (χ2n) is 11.7.